The zero-order valence-electron chi connectivity index (χ0n) is 19.1. The van der Waals surface area contributed by atoms with Crippen LogP contribution < -0.4 is 9.80 Å². The van der Waals surface area contributed by atoms with Crippen LogP contribution in [-0.2, 0) is 7.05 Å². The molecule has 1 saturated heterocycles. The van der Waals surface area contributed by atoms with Crippen LogP contribution in [0.3, 0.4) is 0 Å². The highest BCUT2D eigenvalue weighted by atomic mass is 19.3. The quantitative estimate of drug-likeness (QED) is 0.417. The molecule has 6 rings (SSSR count). The number of carbonyl (C=O) groups is 1. The fraction of sp³-hybridized carbons (Fsp3) is 0.292. The molecule has 0 spiro atoms. The second-order valence-electron chi connectivity index (χ2n) is 9.12. The van der Waals surface area contributed by atoms with Crippen LogP contribution in [0, 0.1) is 12.7 Å². The highest BCUT2D eigenvalue weighted by Crippen LogP contribution is 2.46. The number of H-pyrrole nitrogens is 1. The summed E-state index contributed by atoms with van der Waals surface area (Å²) in [6, 6.07) is 7.85. The lowest BCUT2D eigenvalue weighted by Gasteiger charge is -2.27. The summed E-state index contributed by atoms with van der Waals surface area (Å²) in [4.78, 5) is 22.8. The molecule has 1 amide bonds. The van der Waals surface area contributed by atoms with Crippen molar-refractivity contribution in [2.24, 2.45) is 7.05 Å². The zero-order chi connectivity index (χ0) is 25.6. The van der Waals surface area contributed by atoms with Crippen molar-refractivity contribution in [2.75, 3.05) is 22.9 Å². The first-order valence-electron chi connectivity index (χ1n) is 11.1. The van der Waals surface area contributed by atoms with Crippen molar-refractivity contribution in [1.82, 2.24) is 19.7 Å². The van der Waals surface area contributed by atoms with Gasteiger partial charge in [-0.1, -0.05) is 6.07 Å². The second kappa shape index (κ2) is 7.28. The molecule has 12 heteroatoms. The number of hydrogen-bond donors (Lipinski definition) is 1. The summed E-state index contributed by atoms with van der Waals surface area (Å²) in [7, 11) is 1.67. The van der Waals surface area contributed by atoms with Gasteiger partial charge in [0.2, 0.25) is 0 Å². The van der Waals surface area contributed by atoms with Crippen LogP contribution in [0.2, 0.25) is 0 Å². The van der Waals surface area contributed by atoms with Gasteiger partial charge in [0.05, 0.1) is 36.5 Å². The average Bonchev–Trinajstić information content (AvgIpc) is 3.52. The van der Waals surface area contributed by atoms with Gasteiger partial charge in [0.1, 0.15) is 5.82 Å². The van der Waals surface area contributed by atoms with Crippen LogP contribution in [0.4, 0.5) is 33.3 Å². The van der Waals surface area contributed by atoms with Crippen molar-refractivity contribution in [2.45, 2.75) is 24.8 Å². The number of benzene rings is 2. The number of hydrogen-bond acceptors (Lipinski definition) is 4. The minimum Gasteiger partial charge on any atom is -0.359 e. The van der Waals surface area contributed by atoms with E-state index in [0.29, 0.717) is 22.5 Å². The first kappa shape index (κ1) is 22.5. The van der Waals surface area contributed by atoms with Crippen LogP contribution in [0.1, 0.15) is 33.4 Å². The molecular formula is C24H19F5N6O. The lowest BCUT2D eigenvalue weighted by Crippen LogP contribution is -2.38. The maximum Gasteiger partial charge on any atom is 0.329 e. The topological polar surface area (TPSA) is 70.0 Å². The summed E-state index contributed by atoms with van der Waals surface area (Å²) in [6.07, 6.45) is 1.52. The number of carbonyl (C=O) groups excluding carboxylic acids is 1. The van der Waals surface area contributed by atoms with E-state index in [1.807, 2.05) is 0 Å². The van der Waals surface area contributed by atoms with Gasteiger partial charge >= 0.3 is 11.8 Å². The van der Waals surface area contributed by atoms with Gasteiger partial charge < -0.3 is 9.88 Å². The van der Waals surface area contributed by atoms with Crippen LogP contribution >= 0.6 is 0 Å². The molecule has 1 atom stereocenters. The molecule has 4 aromatic rings. The monoisotopic (exact) mass is 502 g/mol. The molecular weight excluding hydrogens is 483 g/mol. The molecule has 1 fully saturated rings. The highest BCUT2D eigenvalue weighted by molar-refractivity contribution is 6.11. The minimum atomic E-state index is -4.22. The first-order valence-corrected chi connectivity index (χ1v) is 11.1. The fourth-order valence-electron chi connectivity index (χ4n) is 4.99. The van der Waals surface area contributed by atoms with Gasteiger partial charge in [-0.05, 0) is 37.3 Å². The third-order valence-corrected chi connectivity index (χ3v) is 6.97. The molecule has 0 bridgehead atoms. The smallest absolute Gasteiger partial charge is 0.329 e. The number of alkyl halides is 4. The van der Waals surface area contributed by atoms with E-state index < -0.39 is 42.7 Å². The molecule has 186 valence electrons. The van der Waals surface area contributed by atoms with Crippen molar-refractivity contribution in [3.63, 3.8) is 0 Å². The van der Waals surface area contributed by atoms with E-state index in [1.54, 1.807) is 32.2 Å². The van der Waals surface area contributed by atoms with Crippen molar-refractivity contribution >= 4 is 28.3 Å². The van der Waals surface area contributed by atoms with Gasteiger partial charge in [0, 0.05) is 35.2 Å². The maximum absolute atomic E-state index is 15.6. The first-order chi connectivity index (χ1) is 17.0. The lowest BCUT2D eigenvalue weighted by molar-refractivity contribution is -0.172. The molecule has 1 N–H and O–H groups in total. The number of halogens is 5. The number of aromatic amines is 1. The van der Waals surface area contributed by atoms with Gasteiger partial charge in [-0.15, -0.1) is 0 Å². The molecule has 4 heterocycles. The van der Waals surface area contributed by atoms with Gasteiger partial charge in [-0.25, -0.2) is 9.37 Å². The Bertz CT molecular complexity index is 1530. The molecule has 36 heavy (non-hydrogen) atoms. The number of nitrogens with zero attached hydrogens (tertiary/aromatic N) is 5. The molecule has 1 unspecified atom stereocenters. The molecule has 0 saturated carbocycles. The Morgan fingerprint density at radius 1 is 1.03 bits per heavy atom. The third-order valence-electron chi connectivity index (χ3n) is 6.97. The average molecular weight is 502 g/mol. The summed E-state index contributed by atoms with van der Waals surface area (Å²) in [5, 5.41) is 4.32. The van der Waals surface area contributed by atoms with Crippen molar-refractivity contribution in [3.8, 4) is 0 Å². The Balaban J connectivity index is 1.46. The van der Waals surface area contributed by atoms with Crippen LogP contribution in [0.25, 0.3) is 11.0 Å². The standard InChI is InChI=1S/C24H19F5N6O/c1-12-19-20(32-33(12)2)22(36)35(14-4-6-17-18(8-14)31-11-30-17)21(19)15-5-3-13(7-16(15)25)34-9-23(26,27)24(28,29)10-34/h3-8,11,21H,9-10H2,1-2H3,(H,30,31). The molecule has 2 aliphatic rings. The van der Waals surface area contributed by atoms with Gasteiger partial charge in [-0.2, -0.15) is 22.7 Å². The molecule has 2 aromatic carbocycles. The Hall–Kier alpha value is -3.96. The van der Waals surface area contributed by atoms with E-state index in [4.69, 9.17) is 0 Å². The number of amides is 1. The van der Waals surface area contributed by atoms with Gasteiger partial charge in [-0.3, -0.25) is 14.4 Å². The van der Waals surface area contributed by atoms with E-state index in [2.05, 4.69) is 15.1 Å². The minimum absolute atomic E-state index is 0.0850. The van der Waals surface area contributed by atoms with E-state index in [-0.39, 0.29) is 16.9 Å². The summed E-state index contributed by atoms with van der Waals surface area (Å²) >= 11 is 0. The molecule has 2 aliphatic heterocycles. The number of rotatable bonds is 3. The van der Waals surface area contributed by atoms with Crippen molar-refractivity contribution in [3.05, 3.63) is 71.1 Å². The second-order valence-corrected chi connectivity index (χ2v) is 9.12. The van der Waals surface area contributed by atoms with E-state index >= 15 is 4.39 Å². The van der Waals surface area contributed by atoms with Gasteiger partial charge in [0.15, 0.2) is 5.69 Å². The SMILES string of the molecule is Cc1c2c(nn1C)C(=O)N(c1ccc3[nH]cnc3c1)C2c1ccc(N2CC(F)(F)C(F)(F)C2)cc1F. The Kier molecular flexibility index (Phi) is 4.55. The predicted octanol–water partition coefficient (Wildman–Crippen LogP) is 4.58. The number of anilines is 2. The molecule has 7 nitrogen and oxygen atoms in total. The molecule has 0 radical (unpaired) electrons. The molecule has 2 aromatic heterocycles. The summed E-state index contributed by atoms with van der Waals surface area (Å²) in [5.74, 6) is -9.69. The van der Waals surface area contributed by atoms with Crippen LogP contribution in [0.5, 0.6) is 0 Å². The Labute approximate surface area is 201 Å². The normalized spacial score (nSPS) is 20.5. The van der Waals surface area contributed by atoms with E-state index in [9.17, 15) is 22.4 Å². The van der Waals surface area contributed by atoms with Crippen molar-refractivity contribution < 1.29 is 26.7 Å². The zero-order valence-corrected chi connectivity index (χ0v) is 19.1. The third kappa shape index (κ3) is 3.06. The Morgan fingerprint density at radius 2 is 1.72 bits per heavy atom. The van der Waals surface area contributed by atoms with E-state index in [1.165, 1.54) is 28.0 Å². The number of nitrogens with one attached hydrogen (secondary N) is 1. The number of aryl methyl sites for hydroxylation is 1. The predicted molar refractivity (Wildman–Crippen MR) is 121 cm³/mol. The summed E-state index contributed by atoms with van der Waals surface area (Å²) in [5.41, 5.74) is 3.14. The maximum atomic E-state index is 15.6. The lowest BCUT2D eigenvalue weighted by atomic mass is 9.97. The number of aromatic nitrogens is 4. The number of fused-ring (bicyclic) bond motifs is 2. The highest BCUT2D eigenvalue weighted by Gasteiger charge is 2.63. The van der Waals surface area contributed by atoms with E-state index in [0.717, 1.165) is 16.5 Å². The fourth-order valence-corrected chi connectivity index (χ4v) is 4.99. The largest absolute Gasteiger partial charge is 0.359 e. The summed E-state index contributed by atoms with van der Waals surface area (Å²) in [6.45, 7) is -0.683. The Morgan fingerprint density at radius 3 is 2.42 bits per heavy atom. The number of imidazole rings is 1. The van der Waals surface area contributed by atoms with Crippen LogP contribution in [0.15, 0.2) is 42.7 Å². The molecule has 0 aliphatic carbocycles. The van der Waals surface area contributed by atoms with Crippen LogP contribution in [-0.4, -0.2) is 50.6 Å². The van der Waals surface area contributed by atoms with Crippen molar-refractivity contribution in [1.29, 1.82) is 0 Å². The summed E-state index contributed by atoms with van der Waals surface area (Å²) < 4.78 is 72.0. The van der Waals surface area contributed by atoms with Gasteiger partial charge in [0.25, 0.3) is 5.91 Å².